The number of H-pyrrole nitrogens is 4. The zero-order chi connectivity index (χ0) is 51.9. The Balaban J connectivity index is 0.000000149. The molecule has 0 spiro atoms. The number of carbonyl (C=O) groups excluding carboxylic acids is 4. The summed E-state index contributed by atoms with van der Waals surface area (Å²) in [6.45, 7) is 1.46. The standard InChI is InChI=1S/C28H30N8O6.C26H28N6O2/c37-5-3-35-20-7-13(20)8-22(35)25-29-12-19(32-25)16-9-14(31-27(39)40)1-2-15(16)18-11-30-26(33-18)24-23(34-28(41)42)17-10-21(17)36(24)4-6-38;33-7-5-31-21-9-15(21)11-23(31)25-27-13-19(29-25)17-3-1-2-4-18(17)20-14-28-26(30-20)24-12-16-10-22(16)32(24)6-8-34/h1-2,5-6,9,11-13,17,20-24,31,34H,3-4,7-8,10H2,(H,29,32)(H,30,33)(H,39,40)(H,41,42);1-4,7-8,13-16,21-24H,5-6,9-12H2,(H,27,29)(H,28,30)/t13?,17-,20?,21+,22?,23?,24+;15-,16?,21?,22?,23?,24?/m10/s1. The first kappa shape index (κ1) is 48.0. The zero-order valence-corrected chi connectivity index (χ0v) is 41.4. The van der Waals surface area contributed by atoms with Gasteiger partial charge in [0.05, 0.1) is 104 Å². The summed E-state index contributed by atoms with van der Waals surface area (Å²) in [6.07, 6.45) is 16.0. The molecule has 0 bridgehead atoms. The molecule has 392 valence electrons. The molecule has 4 aliphatic carbocycles. The van der Waals surface area contributed by atoms with E-state index in [2.05, 4.69) is 67.4 Å². The number of aldehydes is 4. The van der Waals surface area contributed by atoms with E-state index in [9.17, 15) is 39.0 Å². The van der Waals surface area contributed by atoms with E-state index < -0.39 is 24.3 Å². The largest absolute Gasteiger partial charge is 0.465 e. The summed E-state index contributed by atoms with van der Waals surface area (Å²) in [6, 6.07) is 14.6. The first-order chi connectivity index (χ1) is 37.1. The Morgan fingerprint density at radius 1 is 0.513 bits per heavy atom. The van der Waals surface area contributed by atoms with E-state index in [0.29, 0.717) is 84.0 Å². The lowest BCUT2D eigenvalue weighted by atomic mass is 10.0. The van der Waals surface area contributed by atoms with Crippen LogP contribution in [0.1, 0.15) is 92.4 Å². The molecule has 2 amide bonds. The van der Waals surface area contributed by atoms with Gasteiger partial charge in [-0.2, -0.15) is 0 Å². The van der Waals surface area contributed by atoms with Crippen LogP contribution >= 0.6 is 0 Å². The highest BCUT2D eigenvalue weighted by Gasteiger charge is 2.60. The van der Waals surface area contributed by atoms with E-state index in [1.807, 2.05) is 29.4 Å². The molecule has 8 N–H and O–H groups in total. The van der Waals surface area contributed by atoms with Gasteiger partial charge in [-0.15, -0.1) is 0 Å². The van der Waals surface area contributed by atoms with Crippen molar-refractivity contribution in [3.8, 4) is 45.0 Å². The van der Waals surface area contributed by atoms with Crippen LogP contribution in [0.15, 0.2) is 67.3 Å². The topological polar surface area (TPSA) is 295 Å². The lowest BCUT2D eigenvalue weighted by molar-refractivity contribution is -0.110. The second-order valence-corrected chi connectivity index (χ2v) is 21.7. The molecule has 14 rings (SSSR count). The monoisotopic (exact) mass is 1030 g/mol. The Kier molecular flexibility index (Phi) is 12.1. The molecule has 4 aromatic heterocycles. The Bertz CT molecular complexity index is 3140. The second-order valence-electron chi connectivity index (χ2n) is 21.7. The third-order valence-corrected chi connectivity index (χ3v) is 17.5. The van der Waals surface area contributed by atoms with E-state index >= 15 is 0 Å². The maximum atomic E-state index is 11.6. The van der Waals surface area contributed by atoms with Crippen LogP contribution in [0.2, 0.25) is 0 Å². The minimum absolute atomic E-state index is 0.00602. The van der Waals surface area contributed by atoms with E-state index in [1.165, 1.54) is 12.8 Å². The van der Waals surface area contributed by atoms with Gasteiger partial charge >= 0.3 is 12.2 Å². The van der Waals surface area contributed by atoms with Gasteiger partial charge in [0.25, 0.3) is 0 Å². The van der Waals surface area contributed by atoms with Crippen LogP contribution in [-0.2, 0) is 19.2 Å². The van der Waals surface area contributed by atoms with Crippen LogP contribution in [0.3, 0.4) is 0 Å². The molecular formula is C54H58N14O8. The van der Waals surface area contributed by atoms with Gasteiger partial charge in [-0.1, -0.05) is 30.3 Å². The van der Waals surface area contributed by atoms with Crippen LogP contribution in [0.5, 0.6) is 0 Å². The number of rotatable bonds is 18. The fraction of sp³-hybridized carbons (Fsp3) is 0.444. The summed E-state index contributed by atoms with van der Waals surface area (Å²) < 4.78 is 0. The van der Waals surface area contributed by atoms with Crippen molar-refractivity contribution in [3.05, 3.63) is 90.5 Å². The van der Waals surface area contributed by atoms with Crippen molar-refractivity contribution in [1.29, 1.82) is 0 Å². The second kappa shape index (κ2) is 19.2. The van der Waals surface area contributed by atoms with Gasteiger partial charge in [0.2, 0.25) is 0 Å². The Morgan fingerprint density at radius 3 is 1.38 bits per heavy atom. The quantitative estimate of drug-likeness (QED) is 0.0486. The van der Waals surface area contributed by atoms with Crippen molar-refractivity contribution >= 4 is 43.0 Å². The number of hydrogen-bond donors (Lipinski definition) is 8. The highest BCUT2D eigenvalue weighted by atomic mass is 16.4. The van der Waals surface area contributed by atoms with Gasteiger partial charge in [-0.25, -0.2) is 29.5 Å². The molecule has 8 fully saturated rings. The van der Waals surface area contributed by atoms with Crippen molar-refractivity contribution in [2.45, 2.75) is 99.3 Å². The number of aromatic amines is 4. The number of likely N-dealkylation sites (tertiary alicyclic amines) is 4. The number of imidazole rings is 4. The number of carbonyl (C=O) groups is 6. The Morgan fingerprint density at radius 2 is 0.934 bits per heavy atom. The van der Waals surface area contributed by atoms with Crippen LogP contribution in [-0.4, -0.2) is 163 Å². The summed E-state index contributed by atoms with van der Waals surface area (Å²) in [5.74, 6) is 5.27. The molecule has 76 heavy (non-hydrogen) atoms. The molecule has 22 heteroatoms. The zero-order valence-electron chi connectivity index (χ0n) is 41.4. The molecule has 8 aliphatic rings. The molecule has 4 saturated carbocycles. The van der Waals surface area contributed by atoms with Crippen molar-refractivity contribution in [2.75, 3.05) is 31.5 Å². The molecule has 2 aromatic carbocycles. The summed E-state index contributed by atoms with van der Waals surface area (Å²) in [5, 5.41) is 23.8. The number of nitrogens with one attached hydrogen (secondary N) is 6. The SMILES string of the molecule is O=CCN1C(c2ncc(-c3cc(NC(=O)O)ccc3-c3cnc([C@@H]4C(NC(=O)O)[C@@H]5C[C@@H]5N4CC=O)[nH]3)[nH]2)CC2CC21.O=CCN1C(c2ncc(-c3ccccc3-c3cnc(C4C[C@@H]5CC5N4CC=O)[nH]3)[nH]2)CC2CC21. The van der Waals surface area contributed by atoms with Gasteiger partial charge in [-0.05, 0) is 80.8 Å². The number of carboxylic acid groups (broad SMARTS) is 2. The molecule has 22 nitrogen and oxygen atoms in total. The molecule has 9 unspecified atom stereocenters. The van der Waals surface area contributed by atoms with Crippen molar-refractivity contribution in [3.63, 3.8) is 0 Å². The molecular weight excluding hydrogens is 973 g/mol. The van der Waals surface area contributed by atoms with Gasteiger partial charge in [-0.3, -0.25) is 24.9 Å². The number of fused-ring (bicyclic) bond motifs is 4. The van der Waals surface area contributed by atoms with E-state index in [4.69, 9.17) is 9.97 Å². The average molecular weight is 1030 g/mol. The predicted octanol–water partition coefficient (Wildman–Crippen LogP) is 5.61. The van der Waals surface area contributed by atoms with E-state index in [1.54, 1.807) is 30.6 Å². The average Bonchev–Trinajstić information content (AvgIpc) is 4.43. The first-order valence-corrected chi connectivity index (χ1v) is 26.3. The molecule has 4 saturated heterocycles. The van der Waals surface area contributed by atoms with Gasteiger partial charge in [0, 0.05) is 52.1 Å². The van der Waals surface area contributed by atoms with Crippen LogP contribution in [0.4, 0.5) is 15.3 Å². The van der Waals surface area contributed by atoms with E-state index in [-0.39, 0.29) is 36.6 Å². The van der Waals surface area contributed by atoms with Crippen LogP contribution in [0.25, 0.3) is 45.0 Å². The summed E-state index contributed by atoms with van der Waals surface area (Å²) in [4.78, 5) is 110. The molecule has 13 atom stereocenters. The van der Waals surface area contributed by atoms with Crippen LogP contribution < -0.4 is 10.6 Å². The lowest BCUT2D eigenvalue weighted by Crippen LogP contribution is -2.43. The first-order valence-electron chi connectivity index (χ1n) is 26.3. The van der Waals surface area contributed by atoms with Crippen molar-refractivity contribution in [2.24, 2.45) is 23.7 Å². The van der Waals surface area contributed by atoms with Gasteiger partial charge in [0.15, 0.2) is 0 Å². The van der Waals surface area contributed by atoms with Crippen LogP contribution in [0, 0.1) is 23.7 Å². The normalized spacial score (nSPS) is 30.6. The molecule has 4 aliphatic heterocycles. The fourth-order valence-electron chi connectivity index (χ4n) is 13.8. The van der Waals surface area contributed by atoms with Gasteiger partial charge < -0.3 is 54.6 Å². The molecule has 8 heterocycles. The highest BCUT2D eigenvalue weighted by Crippen LogP contribution is 2.56. The number of anilines is 1. The number of hydrogen-bond acceptors (Lipinski definition) is 14. The Hall–Kier alpha value is -7.66. The number of benzene rings is 2. The third-order valence-electron chi connectivity index (χ3n) is 17.5. The predicted molar refractivity (Wildman–Crippen MR) is 273 cm³/mol. The summed E-state index contributed by atoms with van der Waals surface area (Å²) in [5.41, 5.74) is 7.18. The fourth-order valence-corrected chi connectivity index (χ4v) is 13.8. The third kappa shape index (κ3) is 8.71. The minimum atomic E-state index is -1.19. The molecule has 0 radical (unpaired) electrons. The van der Waals surface area contributed by atoms with E-state index in [0.717, 1.165) is 103 Å². The number of aromatic nitrogens is 8. The van der Waals surface area contributed by atoms with Gasteiger partial charge in [0.1, 0.15) is 48.4 Å². The van der Waals surface area contributed by atoms with Crippen molar-refractivity contribution in [1.82, 2.24) is 64.8 Å². The highest BCUT2D eigenvalue weighted by molar-refractivity contribution is 5.88. The molecule has 6 aromatic rings. The smallest absolute Gasteiger partial charge is 0.409 e. The Labute approximate surface area is 435 Å². The number of nitrogens with zero attached hydrogens (tertiary/aromatic N) is 8. The number of amides is 2. The van der Waals surface area contributed by atoms with Crippen molar-refractivity contribution < 1.29 is 39.0 Å². The minimum Gasteiger partial charge on any atom is -0.465 e. The maximum Gasteiger partial charge on any atom is 0.409 e. The number of piperidine rings is 4. The lowest BCUT2D eigenvalue weighted by Gasteiger charge is -2.28. The maximum absolute atomic E-state index is 11.6. The summed E-state index contributed by atoms with van der Waals surface area (Å²) >= 11 is 0. The summed E-state index contributed by atoms with van der Waals surface area (Å²) in [7, 11) is 0.